The molecule has 0 saturated carbocycles. The van der Waals surface area contributed by atoms with Crippen molar-refractivity contribution in [1.82, 2.24) is 4.90 Å². The molecule has 3 N–H and O–H groups in total. The van der Waals surface area contributed by atoms with Crippen molar-refractivity contribution in [3.63, 3.8) is 0 Å². The third-order valence-electron chi connectivity index (χ3n) is 5.25. The molecule has 0 aliphatic carbocycles. The molecule has 1 heterocycles. The van der Waals surface area contributed by atoms with Gasteiger partial charge in [-0.05, 0) is 33.2 Å². The summed E-state index contributed by atoms with van der Waals surface area (Å²) in [5, 5.41) is 9.65. The Hall–Kier alpha value is -0.490. The van der Waals surface area contributed by atoms with Gasteiger partial charge in [0.25, 0.3) is 0 Å². The van der Waals surface area contributed by atoms with Gasteiger partial charge in [0.1, 0.15) is 5.78 Å². The number of aliphatic hydroxyl groups is 1. The summed E-state index contributed by atoms with van der Waals surface area (Å²) in [6.45, 7) is 5.79. The molecule has 0 bridgehead atoms. The summed E-state index contributed by atoms with van der Waals surface area (Å²) >= 11 is 0. The first-order valence-electron chi connectivity index (χ1n) is 7.52. The van der Waals surface area contributed by atoms with Gasteiger partial charge in [-0.15, -0.1) is 0 Å². The lowest BCUT2D eigenvalue weighted by atomic mass is 9.80. The maximum Gasteiger partial charge on any atom is 0.146 e. The zero-order valence-corrected chi connectivity index (χ0v) is 13.4. The quantitative estimate of drug-likeness (QED) is 0.723. The van der Waals surface area contributed by atoms with Crippen molar-refractivity contribution in [2.45, 2.75) is 63.8 Å². The highest BCUT2D eigenvalue weighted by atomic mass is 16.5. The Kier molecular flexibility index (Phi) is 6.13. The molecule has 1 rings (SSSR count). The second-order valence-electron chi connectivity index (χ2n) is 5.96. The summed E-state index contributed by atoms with van der Waals surface area (Å²) in [6, 6.07) is -0.408. The number of rotatable bonds is 7. The molecule has 1 fully saturated rings. The first-order chi connectivity index (χ1) is 9.38. The molecule has 0 spiro atoms. The number of nitrogens with zero attached hydrogens (tertiary/aromatic N) is 1. The Bertz CT molecular complexity index is 323. The van der Waals surface area contributed by atoms with Gasteiger partial charge < -0.3 is 15.6 Å². The molecule has 0 radical (unpaired) electrons. The van der Waals surface area contributed by atoms with E-state index >= 15 is 0 Å². The van der Waals surface area contributed by atoms with Crippen molar-refractivity contribution in [2.24, 2.45) is 11.7 Å². The van der Waals surface area contributed by atoms with E-state index < -0.39 is 5.60 Å². The molecular formula is C15H30N2O3. The van der Waals surface area contributed by atoms with Crippen molar-refractivity contribution in [3.05, 3.63) is 0 Å². The number of ketones is 1. The average Bonchev–Trinajstić information content (AvgIpc) is 2.78. The molecule has 1 saturated heterocycles. The van der Waals surface area contributed by atoms with E-state index in [4.69, 9.17) is 10.5 Å². The molecular weight excluding hydrogens is 256 g/mol. The first-order valence-corrected chi connectivity index (χ1v) is 7.52. The molecule has 0 amide bonds. The summed E-state index contributed by atoms with van der Waals surface area (Å²) in [5.41, 5.74) is 6.11. The van der Waals surface area contributed by atoms with Gasteiger partial charge in [0.2, 0.25) is 0 Å². The lowest BCUT2D eigenvalue weighted by Crippen LogP contribution is -2.61. The minimum absolute atomic E-state index is 0.0246. The zero-order chi connectivity index (χ0) is 15.5. The van der Waals surface area contributed by atoms with E-state index in [9.17, 15) is 9.90 Å². The fourth-order valence-corrected chi connectivity index (χ4v) is 3.77. The Morgan fingerprint density at radius 2 is 2.05 bits per heavy atom. The number of carbonyl (C=O) groups is 1. The van der Waals surface area contributed by atoms with Crippen molar-refractivity contribution in [2.75, 3.05) is 20.8 Å². The second-order valence-corrected chi connectivity index (χ2v) is 5.96. The summed E-state index contributed by atoms with van der Waals surface area (Å²) in [6.07, 6.45) is 2.30. The molecule has 5 nitrogen and oxygen atoms in total. The number of likely N-dealkylation sites (N-methyl/N-ethyl adjacent to an activating group) is 1. The van der Waals surface area contributed by atoms with Crippen LogP contribution >= 0.6 is 0 Å². The predicted molar refractivity (Wildman–Crippen MR) is 79.5 cm³/mol. The largest absolute Gasteiger partial charge is 0.396 e. The third kappa shape index (κ3) is 2.91. The minimum atomic E-state index is -0.405. The summed E-state index contributed by atoms with van der Waals surface area (Å²) < 4.78 is 5.73. The van der Waals surface area contributed by atoms with Crippen LogP contribution in [0.4, 0.5) is 0 Å². The van der Waals surface area contributed by atoms with Crippen LogP contribution in [0, 0.1) is 5.92 Å². The van der Waals surface area contributed by atoms with Crippen LogP contribution in [0.5, 0.6) is 0 Å². The van der Waals surface area contributed by atoms with E-state index in [-0.39, 0.29) is 36.4 Å². The maximum absolute atomic E-state index is 11.7. The predicted octanol–water partition coefficient (Wildman–Crippen LogP) is 0.789. The van der Waals surface area contributed by atoms with Gasteiger partial charge in [0, 0.05) is 31.7 Å². The highest BCUT2D eigenvalue weighted by Crippen LogP contribution is 2.36. The van der Waals surface area contributed by atoms with E-state index in [2.05, 4.69) is 13.8 Å². The minimum Gasteiger partial charge on any atom is -0.396 e. The summed E-state index contributed by atoms with van der Waals surface area (Å²) in [4.78, 5) is 13.8. The molecule has 0 aromatic rings. The van der Waals surface area contributed by atoms with Gasteiger partial charge in [-0.25, -0.2) is 0 Å². The first kappa shape index (κ1) is 17.6. The van der Waals surface area contributed by atoms with E-state index in [0.717, 1.165) is 12.8 Å². The number of Topliss-reactive ketones (excluding diaryl/α,β-unsaturated/α-hetero) is 1. The summed E-state index contributed by atoms with van der Waals surface area (Å²) in [5.74, 6) is 0.160. The van der Waals surface area contributed by atoms with Crippen LogP contribution in [0.3, 0.4) is 0 Å². The van der Waals surface area contributed by atoms with Crippen LogP contribution in [0.15, 0.2) is 0 Å². The standard InChI is InChI=1S/C15H30N2O3/c1-6-15(7-2,20-5)14(16)13-11(9-18)8-12(10(3)19)17(13)4/h11-14,18H,6-9,16H2,1-5H3/t11-,12+,13+,14?/m0/s1. The van der Waals surface area contributed by atoms with E-state index in [0.29, 0.717) is 6.42 Å². The number of methoxy groups -OCH3 is 1. The Balaban J connectivity index is 3.05. The van der Waals surface area contributed by atoms with E-state index in [1.807, 2.05) is 11.9 Å². The van der Waals surface area contributed by atoms with Gasteiger partial charge in [0.05, 0.1) is 11.6 Å². The third-order valence-corrected chi connectivity index (χ3v) is 5.25. The van der Waals surface area contributed by atoms with Crippen LogP contribution in [0.1, 0.15) is 40.0 Å². The van der Waals surface area contributed by atoms with E-state index in [1.54, 1.807) is 14.0 Å². The van der Waals surface area contributed by atoms with E-state index in [1.165, 1.54) is 0 Å². The molecule has 5 heteroatoms. The zero-order valence-electron chi connectivity index (χ0n) is 13.4. The maximum atomic E-state index is 11.7. The molecule has 20 heavy (non-hydrogen) atoms. The number of hydrogen-bond donors (Lipinski definition) is 2. The van der Waals surface area contributed by atoms with Crippen molar-refractivity contribution in [1.29, 1.82) is 0 Å². The van der Waals surface area contributed by atoms with Gasteiger partial charge in [-0.2, -0.15) is 0 Å². The number of aliphatic hydroxyl groups excluding tert-OH is 1. The average molecular weight is 286 g/mol. The van der Waals surface area contributed by atoms with Gasteiger partial charge in [-0.1, -0.05) is 13.8 Å². The van der Waals surface area contributed by atoms with Crippen LogP contribution in [-0.2, 0) is 9.53 Å². The number of carbonyl (C=O) groups excluding carboxylic acids is 1. The van der Waals surface area contributed by atoms with Crippen LogP contribution in [0.2, 0.25) is 0 Å². The van der Waals surface area contributed by atoms with Gasteiger partial charge >= 0.3 is 0 Å². The van der Waals surface area contributed by atoms with Gasteiger partial charge in [0.15, 0.2) is 0 Å². The molecule has 1 unspecified atom stereocenters. The second kappa shape index (κ2) is 6.98. The van der Waals surface area contributed by atoms with Crippen LogP contribution < -0.4 is 5.73 Å². The normalized spacial score (nSPS) is 29.6. The molecule has 4 atom stereocenters. The number of hydrogen-bond acceptors (Lipinski definition) is 5. The molecule has 1 aliphatic heterocycles. The smallest absolute Gasteiger partial charge is 0.146 e. The van der Waals surface area contributed by atoms with Crippen LogP contribution in [0.25, 0.3) is 0 Å². The fraction of sp³-hybridized carbons (Fsp3) is 0.933. The number of nitrogens with two attached hydrogens (primary N) is 1. The fourth-order valence-electron chi connectivity index (χ4n) is 3.77. The number of likely N-dealkylation sites (tertiary alicyclic amines) is 1. The highest BCUT2D eigenvalue weighted by molar-refractivity contribution is 5.81. The molecule has 0 aromatic heterocycles. The van der Waals surface area contributed by atoms with Gasteiger partial charge in [-0.3, -0.25) is 9.69 Å². The molecule has 1 aliphatic rings. The summed E-state index contributed by atoms with van der Waals surface area (Å²) in [7, 11) is 3.62. The molecule has 0 aromatic carbocycles. The Morgan fingerprint density at radius 1 is 1.50 bits per heavy atom. The molecule has 118 valence electrons. The Morgan fingerprint density at radius 3 is 2.40 bits per heavy atom. The lowest BCUT2D eigenvalue weighted by molar-refractivity contribution is -0.121. The topological polar surface area (TPSA) is 75.8 Å². The SMILES string of the molecule is CCC(CC)(OC)C(N)[C@H]1[C@H](CO)C[C@H](C(C)=O)N1C. The highest BCUT2D eigenvalue weighted by Gasteiger charge is 2.49. The lowest BCUT2D eigenvalue weighted by Gasteiger charge is -2.43. The number of ether oxygens (including phenoxy) is 1. The van der Waals surface area contributed by atoms with Crippen molar-refractivity contribution in [3.8, 4) is 0 Å². The van der Waals surface area contributed by atoms with Crippen molar-refractivity contribution >= 4 is 5.78 Å². The monoisotopic (exact) mass is 286 g/mol. The Labute approximate surface area is 122 Å². The van der Waals surface area contributed by atoms with Crippen LogP contribution in [-0.4, -0.2) is 60.3 Å². The van der Waals surface area contributed by atoms with Crippen molar-refractivity contribution < 1.29 is 14.6 Å².